The maximum absolute atomic E-state index is 8.83. The van der Waals surface area contributed by atoms with Gasteiger partial charge in [-0.2, -0.15) is 0 Å². The lowest BCUT2D eigenvalue weighted by atomic mass is 9.84. The van der Waals surface area contributed by atoms with E-state index < -0.39 is 0 Å². The Morgan fingerprint density at radius 2 is 1.95 bits per heavy atom. The fourth-order valence-electron chi connectivity index (χ4n) is 2.98. The Labute approximate surface area is 130 Å². The first kappa shape index (κ1) is 15.8. The molecule has 1 aromatic carbocycles. The molecule has 1 aliphatic carbocycles. The average molecular weight is 341 g/mol. The third kappa shape index (κ3) is 4.49. The normalized spacial score (nSPS) is 22.8. The van der Waals surface area contributed by atoms with Gasteiger partial charge in [0, 0.05) is 16.6 Å². The van der Waals surface area contributed by atoms with Gasteiger partial charge in [-0.15, -0.1) is 0 Å². The third-order valence-corrected chi connectivity index (χ3v) is 5.18. The van der Waals surface area contributed by atoms with Gasteiger partial charge in [0.25, 0.3) is 0 Å². The van der Waals surface area contributed by atoms with E-state index in [1.54, 1.807) is 0 Å². The van der Waals surface area contributed by atoms with Crippen molar-refractivity contribution in [3.63, 3.8) is 0 Å². The van der Waals surface area contributed by atoms with Crippen LogP contribution in [0.25, 0.3) is 0 Å². The van der Waals surface area contributed by atoms with Crippen molar-refractivity contribution in [3.05, 3.63) is 28.2 Å². The molecule has 1 aliphatic rings. The van der Waals surface area contributed by atoms with Crippen molar-refractivity contribution < 1.29 is 9.84 Å². The molecule has 1 N–H and O–H groups in total. The van der Waals surface area contributed by atoms with Crippen molar-refractivity contribution in [2.24, 2.45) is 5.92 Å². The highest BCUT2D eigenvalue weighted by Gasteiger charge is 2.22. The van der Waals surface area contributed by atoms with E-state index in [9.17, 15) is 0 Å². The Bertz CT molecular complexity index is 411. The van der Waals surface area contributed by atoms with E-state index in [1.807, 2.05) is 6.07 Å². The molecule has 3 heteroatoms. The van der Waals surface area contributed by atoms with Gasteiger partial charge in [0.1, 0.15) is 5.75 Å². The zero-order valence-corrected chi connectivity index (χ0v) is 13.9. The molecule has 0 amide bonds. The van der Waals surface area contributed by atoms with E-state index in [-0.39, 0.29) is 0 Å². The summed E-state index contributed by atoms with van der Waals surface area (Å²) in [5.74, 6) is 1.85. The van der Waals surface area contributed by atoms with Gasteiger partial charge in [0.2, 0.25) is 0 Å². The van der Waals surface area contributed by atoms with Crippen LogP contribution in [0, 0.1) is 12.8 Å². The molecule has 0 spiro atoms. The molecule has 0 aliphatic heterocycles. The highest BCUT2D eigenvalue weighted by molar-refractivity contribution is 9.10. The Kier molecular flexibility index (Phi) is 6.37. The summed E-state index contributed by atoms with van der Waals surface area (Å²) in [4.78, 5) is 0. The Morgan fingerprint density at radius 3 is 2.65 bits per heavy atom. The Morgan fingerprint density at radius 1 is 1.20 bits per heavy atom. The molecular weight excluding hydrogens is 316 g/mol. The minimum absolute atomic E-state index is 0.334. The molecular formula is C17H25BrO2. The zero-order valence-electron chi connectivity index (χ0n) is 12.3. The molecule has 0 radical (unpaired) electrons. The maximum Gasteiger partial charge on any atom is 0.123 e. The molecule has 2 rings (SSSR count). The standard InChI is InChI=1S/C17H25BrO2/c1-13-16(18)6-4-7-17(13)20-15-10-8-14(9-11-15)5-2-3-12-19/h4,6-7,14-15,19H,2-3,5,8-12H2,1H3/t14-,15+. The first-order valence-corrected chi connectivity index (χ1v) is 8.52. The topological polar surface area (TPSA) is 29.5 Å². The molecule has 0 heterocycles. The molecule has 1 aromatic rings. The maximum atomic E-state index is 8.83. The van der Waals surface area contributed by atoms with Gasteiger partial charge < -0.3 is 9.84 Å². The van der Waals surface area contributed by atoms with Crippen molar-refractivity contribution in [1.82, 2.24) is 0 Å². The number of ether oxygens (including phenoxy) is 1. The summed E-state index contributed by atoms with van der Waals surface area (Å²) in [5, 5.41) is 8.83. The van der Waals surface area contributed by atoms with Crippen molar-refractivity contribution in [2.45, 2.75) is 58.0 Å². The van der Waals surface area contributed by atoms with Crippen molar-refractivity contribution in [1.29, 1.82) is 0 Å². The summed E-state index contributed by atoms with van der Waals surface area (Å²) in [6.07, 6.45) is 8.61. The van der Waals surface area contributed by atoms with E-state index in [0.717, 1.165) is 41.8 Å². The molecule has 0 unspecified atom stereocenters. The van der Waals surface area contributed by atoms with Gasteiger partial charge in [-0.3, -0.25) is 0 Å². The summed E-state index contributed by atoms with van der Waals surface area (Å²) < 4.78 is 7.29. The summed E-state index contributed by atoms with van der Waals surface area (Å²) in [6, 6.07) is 6.15. The largest absolute Gasteiger partial charge is 0.490 e. The lowest BCUT2D eigenvalue weighted by molar-refractivity contribution is 0.126. The minimum atomic E-state index is 0.334. The zero-order chi connectivity index (χ0) is 14.4. The molecule has 2 nitrogen and oxygen atoms in total. The lowest BCUT2D eigenvalue weighted by Gasteiger charge is -2.29. The summed E-state index contributed by atoms with van der Waals surface area (Å²) in [7, 11) is 0. The van der Waals surface area contributed by atoms with Crippen LogP contribution in [0.5, 0.6) is 5.75 Å². The van der Waals surface area contributed by atoms with Crippen molar-refractivity contribution >= 4 is 15.9 Å². The van der Waals surface area contributed by atoms with Crippen LogP contribution >= 0.6 is 15.9 Å². The number of aliphatic hydroxyl groups is 1. The van der Waals surface area contributed by atoms with Crippen molar-refractivity contribution in [3.8, 4) is 5.75 Å². The fraction of sp³-hybridized carbons (Fsp3) is 0.647. The number of halogens is 1. The molecule has 112 valence electrons. The number of unbranched alkanes of at least 4 members (excludes halogenated alkanes) is 1. The molecule has 0 aromatic heterocycles. The van der Waals surface area contributed by atoms with Crippen LogP contribution in [0.2, 0.25) is 0 Å². The summed E-state index contributed by atoms with van der Waals surface area (Å²) in [6.45, 7) is 2.43. The number of hydrogen-bond donors (Lipinski definition) is 1. The first-order valence-electron chi connectivity index (χ1n) is 7.73. The summed E-state index contributed by atoms with van der Waals surface area (Å²) in [5.41, 5.74) is 1.19. The van der Waals surface area contributed by atoms with Gasteiger partial charge >= 0.3 is 0 Å². The fourth-order valence-corrected chi connectivity index (χ4v) is 3.33. The van der Waals surface area contributed by atoms with Gasteiger partial charge in [-0.1, -0.05) is 34.8 Å². The highest BCUT2D eigenvalue weighted by Crippen LogP contribution is 2.33. The SMILES string of the molecule is Cc1c(Br)cccc1O[C@H]1CC[C@@H](CCCCO)CC1. The van der Waals surface area contributed by atoms with E-state index in [0.29, 0.717) is 12.7 Å². The Balaban J connectivity index is 1.78. The van der Waals surface area contributed by atoms with E-state index in [4.69, 9.17) is 9.84 Å². The number of rotatable bonds is 6. The van der Waals surface area contributed by atoms with Crippen LogP contribution in [-0.2, 0) is 0 Å². The van der Waals surface area contributed by atoms with Crippen LogP contribution in [0.3, 0.4) is 0 Å². The Hall–Kier alpha value is -0.540. The number of benzene rings is 1. The van der Waals surface area contributed by atoms with E-state index >= 15 is 0 Å². The predicted octanol–water partition coefficient (Wildman–Crippen LogP) is 4.86. The predicted molar refractivity (Wildman–Crippen MR) is 86.2 cm³/mol. The lowest BCUT2D eigenvalue weighted by Crippen LogP contribution is -2.24. The molecule has 0 saturated heterocycles. The van der Waals surface area contributed by atoms with Crippen LogP contribution < -0.4 is 4.74 Å². The van der Waals surface area contributed by atoms with Crippen molar-refractivity contribution in [2.75, 3.05) is 6.61 Å². The van der Waals surface area contributed by atoms with Gasteiger partial charge in [0.15, 0.2) is 0 Å². The second-order valence-corrected chi connectivity index (χ2v) is 6.70. The number of aliphatic hydroxyl groups excluding tert-OH is 1. The van der Waals surface area contributed by atoms with E-state index in [2.05, 4.69) is 35.0 Å². The first-order chi connectivity index (χ1) is 9.70. The van der Waals surface area contributed by atoms with Gasteiger partial charge in [-0.25, -0.2) is 0 Å². The van der Waals surface area contributed by atoms with Crippen LogP contribution in [0.4, 0.5) is 0 Å². The second-order valence-electron chi connectivity index (χ2n) is 5.84. The highest BCUT2D eigenvalue weighted by atomic mass is 79.9. The monoisotopic (exact) mass is 340 g/mol. The van der Waals surface area contributed by atoms with E-state index in [1.165, 1.54) is 24.8 Å². The molecule has 1 fully saturated rings. The third-order valence-electron chi connectivity index (χ3n) is 4.33. The average Bonchev–Trinajstić information content (AvgIpc) is 2.46. The molecule has 20 heavy (non-hydrogen) atoms. The smallest absolute Gasteiger partial charge is 0.123 e. The van der Waals surface area contributed by atoms with Gasteiger partial charge in [-0.05, 0) is 57.1 Å². The molecule has 0 bridgehead atoms. The second kappa shape index (κ2) is 8.04. The summed E-state index contributed by atoms with van der Waals surface area (Å²) >= 11 is 3.56. The molecule has 1 saturated carbocycles. The molecule has 0 atom stereocenters. The van der Waals surface area contributed by atoms with Gasteiger partial charge in [0.05, 0.1) is 6.10 Å². The van der Waals surface area contributed by atoms with Crippen LogP contribution in [-0.4, -0.2) is 17.8 Å². The number of hydrogen-bond acceptors (Lipinski definition) is 2. The van der Waals surface area contributed by atoms with Crippen LogP contribution in [0.15, 0.2) is 22.7 Å². The minimum Gasteiger partial charge on any atom is -0.490 e. The quantitative estimate of drug-likeness (QED) is 0.749. The van der Waals surface area contributed by atoms with Crippen LogP contribution in [0.1, 0.15) is 50.5 Å².